The van der Waals surface area contributed by atoms with E-state index in [0.29, 0.717) is 0 Å². The van der Waals surface area contributed by atoms with E-state index in [0.717, 1.165) is 15.2 Å². The van der Waals surface area contributed by atoms with Crippen LogP contribution in [-0.2, 0) is 4.79 Å². The summed E-state index contributed by atoms with van der Waals surface area (Å²) in [6.07, 6.45) is 2.46. The van der Waals surface area contributed by atoms with Gasteiger partial charge < -0.3 is 5.11 Å². The van der Waals surface area contributed by atoms with Crippen LogP contribution in [0.5, 0.6) is 0 Å². The zero-order valence-corrected chi connectivity index (χ0v) is 8.43. The van der Waals surface area contributed by atoms with Crippen molar-refractivity contribution < 1.29 is 9.90 Å². The molecule has 12 heavy (non-hydrogen) atoms. The number of hydrogen-bond acceptors (Lipinski definition) is 3. The molecule has 1 N–H and O–H groups in total. The maximum atomic E-state index is 10.5. The molecule has 1 aromatic heterocycles. The molecule has 2 unspecified atom stereocenters. The van der Waals surface area contributed by atoms with E-state index in [4.69, 9.17) is 5.11 Å². The van der Waals surface area contributed by atoms with Crippen molar-refractivity contribution in [2.24, 2.45) is 5.92 Å². The minimum atomic E-state index is -0.702. The van der Waals surface area contributed by atoms with Crippen LogP contribution in [0.15, 0.2) is 9.98 Å². The highest BCUT2D eigenvalue weighted by Gasteiger charge is 2.46. The Morgan fingerprint density at radius 2 is 2.58 bits per heavy atom. The van der Waals surface area contributed by atoms with E-state index in [1.54, 1.807) is 6.20 Å². The number of rotatable bonds is 2. The van der Waals surface area contributed by atoms with Crippen LogP contribution in [0.1, 0.15) is 17.3 Å². The number of aliphatic carboxylic acids is 1. The lowest BCUT2D eigenvalue weighted by atomic mass is 10.3. The second kappa shape index (κ2) is 2.81. The summed E-state index contributed by atoms with van der Waals surface area (Å²) in [7, 11) is 0. The molecule has 0 aromatic carbocycles. The van der Waals surface area contributed by atoms with Crippen molar-refractivity contribution in [1.82, 2.24) is 4.98 Å². The number of thiazole rings is 1. The Kier molecular flexibility index (Phi) is 1.92. The lowest BCUT2D eigenvalue weighted by molar-refractivity contribution is -0.138. The molecule has 0 amide bonds. The van der Waals surface area contributed by atoms with Gasteiger partial charge in [-0.2, -0.15) is 0 Å². The van der Waals surface area contributed by atoms with Gasteiger partial charge in [0.25, 0.3) is 0 Å². The van der Waals surface area contributed by atoms with Gasteiger partial charge in [0, 0.05) is 5.92 Å². The van der Waals surface area contributed by atoms with Gasteiger partial charge >= 0.3 is 5.97 Å². The van der Waals surface area contributed by atoms with Crippen LogP contribution in [0.25, 0.3) is 0 Å². The van der Waals surface area contributed by atoms with Gasteiger partial charge in [-0.05, 0) is 22.4 Å². The van der Waals surface area contributed by atoms with Crippen molar-refractivity contribution in [3.05, 3.63) is 15.0 Å². The average Bonchev–Trinajstić information content (AvgIpc) is 2.70. The zero-order valence-electron chi connectivity index (χ0n) is 6.03. The Morgan fingerprint density at radius 1 is 1.83 bits per heavy atom. The molecule has 0 bridgehead atoms. The molecule has 1 aliphatic carbocycles. The Balaban J connectivity index is 2.10. The Labute approximate surface area is 81.6 Å². The zero-order chi connectivity index (χ0) is 8.72. The van der Waals surface area contributed by atoms with Crippen LogP contribution in [0.2, 0.25) is 0 Å². The van der Waals surface area contributed by atoms with Crippen molar-refractivity contribution >= 4 is 33.2 Å². The first kappa shape index (κ1) is 8.19. The van der Waals surface area contributed by atoms with E-state index in [-0.39, 0.29) is 11.8 Å². The largest absolute Gasteiger partial charge is 0.481 e. The summed E-state index contributed by atoms with van der Waals surface area (Å²) in [5.74, 6) is -0.729. The lowest BCUT2D eigenvalue weighted by Gasteiger charge is -1.87. The van der Waals surface area contributed by atoms with Gasteiger partial charge in [-0.1, -0.05) is 0 Å². The number of aromatic nitrogens is 1. The smallest absolute Gasteiger partial charge is 0.307 e. The molecule has 3 nitrogen and oxygen atoms in total. The van der Waals surface area contributed by atoms with E-state index in [2.05, 4.69) is 20.9 Å². The summed E-state index contributed by atoms with van der Waals surface area (Å²) in [6, 6.07) is 0. The van der Waals surface area contributed by atoms with Crippen molar-refractivity contribution in [2.45, 2.75) is 12.3 Å². The van der Waals surface area contributed by atoms with Crippen LogP contribution in [0.4, 0.5) is 0 Å². The molecule has 64 valence electrons. The fraction of sp³-hybridized carbons (Fsp3) is 0.429. The predicted molar refractivity (Wildman–Crippen MR) is 48.3 cm³/mol. The first-order chi connectivity index (χ1) is 5.68. The first-order valence-electron chi connectivity index (χ1n) is 3.52. The molecule has 2 atom stereocenters. The number of halogens is 1. The summed E-state index contributed by atoms with van der Waals surface area (Å²) in [5, 5.41) is 9.60. The predicted octanol–water partition coefficient (Wildman–Crippen LogP) is 2.09. The molecule has 0 radical (unpaired) electrons. The fourth-order valence-electron chi connectivity index (χ4n) is 1.18. The van der Waals surface area contributed by atoms with Gasteiger partial charge in [-0.25, -0.2) is 4.98 Å². The van der Waals surface area contributed by atoms with Crippen molar-refractivity contribution in [3.63, 3.8) is 0 Å². The van der Waals surface area contributed by atoms with E-state index in [1.807, 2.05) is 0 Å². The quantitative estimate of drug-likeness (QED) is 0.871. The Bertz CT molecular complexity index is 325. The van der Waals surface area contributed by atoms with Crippen molar-refractivity contribution in [2.75, 3.05) is 0 Å². The molecule has 1 heterocycles. The van der Waals surface area contributed by atoms with Crippen LogP contribution in [-0.4, -0.2) is 16.1 Å². The average molecular weight is 248 g/mol. The molecular weight excluding hydrogens is 242 g/mol. The van der Waals surface area contributed by atoms with Gasteiger partial charge in [0.05, 0.1) is 20.9 Å². The first-order valence-corrected chi connectivity index (χ1v) is 5.13. The van der Waals surface area contributed by atoms with Crippen LogP contribution in [0.3, 0.4) is 0 Å². The van der Waals surface area contributed by atoms with E-state index in [1.165, 1.54) is 11.3 Å². The number of carboxylic acid groups (broad SMARTS) is 1. The van der Waals surface area contributed by atoms with Gasteiger partial charge in [0.2, 0.25) is 0 Å². The van der Waals surface area contributed by atoms with Crippen LogP contribution in [0, 0.1) is 5.92 Å². The van der Waals surface area contributed by atoms with Gasteiger partial charge in [0.15, 0.2) is 0 Å². The van der Waals surface area contributed by atoms with Gasteiger partial charge in [0.1, 0.15) is 0 Å². The van der Waals surface area contributed by atoms with Crippen LogP contribution >= 0.6 is 27.3 Å². The Hall–Kier alpha value is -0.420. The maximum Gasteiger partial charge on any atom is 0.307 e. The topological polar surface area (TPSA) is 50.2 Å². The van der Waals surface area contributed by atoms with Crippen molar-refractivity contribution in [1.29, 1.82) is 0 Å². The van der Waals surface area contributed by atoms with E-state index >= 15 is 0 Å². The van der Waals surface area contributed by atoms with Gasteiger partial charge in [-0.15, -0.1) is 11.3 Å². The number of hydrogen-bond donors (Lipinski definition) is 1. The highest BCUT2D eigenvalue weighted by atomic mass is 79.9. The minimum absolute atomic E-state index is 0.166. The second-order valence-electron chi connectivity index (χ2n) is 2.79. The Morgan fingerprint density at radius 3 is 3.00 bits per heavy atom. The SMILES string of the molecule is O=C(O)C1CC1c1ncc(Br)s1. The van der Waals surface area contributed by atoms with E-state index < -0.39 is 5.97 Å². The molecule has 1 fully saturated rings. The molecule has 0 spiro atoms. The number of carboxylic acids is 1. The minimum Gasteiger partial charge on any atom is -0.481 e. The number of carbonyl (C=O) groups is 1. The molecule has 1 aromatic rings. The van der Waals surface area contributed by atoms with E-state index in [9.17, 15) is 4.79 Å². The molecule has 5 heteroatoms. The standard InChI is InChI=1S/C7H6BrNO2S/c8-5-2-9-6(12-5)3-1-4(3)7(10)11/h2-4H,1H2,(H,10,11). The molecule has 2 rings (SSSR count). The fourth-order valence-corrected chi connectivity index (χ4v) is 2.60. The molecule has 0 aliphatic heterocycles. The maximum absolute atomic E-state index is 10.5. The summed E-state index contributed by atoms with van der Waals surface area (Å²) in [5.41, 5.74) is 0. The molecular formula is C7H6BrNO2S. The third kappa shape index (κ3) is 1.38. The summed E-state index contributed by atoms with van der Waals surface area (Å²) < 4.78 is 0.966. The second-order valence-corrected chi connectivity index (χ2v) is 5.23. The highest BCUT2D eigenvalue weighted by Crippen LogP contribution is 2.49. The molecule has 1 saturated carbocycles. The third-order valence-corrected chi connectivity index (χ3v) is 3.53. The molecule has 1 aliphatic rings. The summed E-state index contributed by atoms with van der Waals surface area (Å²) in [4.78, 5) is 14.6. The molecule has 0 saturated heterocycles. The normalized spacial score (nSPS) is 27.1. The number of nitrogens with zero attached hydrogens (tertiary/aromatic N) is 1. The third-order valence-electron chi connectivity index (χ3n) is 1.92. The van der Waals surface area contributed by atoms with Crippen LogP contribution < -0.4 is 0 Å². The summed E-state index contributed by atoms with van der Waals surface area (Å²) >= 11 is 4.82. The van der Waals surface area contributed by atoms with Crippen molar-refractivity contribution in [3.8, 4) is 0 Å². The monoisotopic (exact) mass is 247 g/mol. The lowest BCUT2D eigenvalue weighted by Crippen LogP contribution is -1.98. The summed E-state index contributed by atoms with van der Waals surface area (Å²) in [6.45, 7) is 0. The highest BCUT2D eigenvalue weighted by molar-refractivity contribution is 9.11. The van der Waals surface area contributed by atoms with Gasteiger partial charge in [-0.3, -0.25) is 4.79 Å².